The molecule has 0 aliphatic carbocycles. The van der Waals surface area contributed by atoms with E-state index in [2.05, 4.69) is 19.2 Å². The van der Waals surface area contributed by atoms with Crippen molar-refractivity contribution in [2.75, 3.05) is 19.7 Å². The molecule has 0 radical (unpaired) electrons. The second-order valence-electron chi connectivity index (χ2n) is 6.47. The van der Waals surface area contributed by atoms with Crippen LogP contribution in [0.3, 0.4) is 0 Å². The van der Waals surface area contributed by atoms with E-state index in [0.717, 1.165) is 42.8 Å². The molecule has 1 aromatic carbocycles. The maximum Gasteiger partial charge on any atom is 0.334 e. The summed E-state index contributed by atoms with van der Waals surface area (Å²) in [6.45, 7) is 11.9. The van der Waals surface area contributed by atoms with Crippen LogP contribution in [0.4, 0.5) is 4.39 Å². The fraction of sp³-hybridized carbons (Fsp3) is 0.500. The number of benzene rings is 1. The van der Waals surface area contributed by atoms with Crippen molar-refractivity contribution < 1.29 is 13.9 Å². The molecule has 0 aliphatic heterocycles. The second-order valence-corrected chi connectivity index (χ2v) is 7.78. The quantitative estimate of drug-likeness (QED) is 0.301. The monoisotopic (exact) mass is 393 g/mol. The zero-order valence-electron chi connectivity index (χ0n) is 17.2. The van der Waals surface area contributed by atoms with Gasteiger partial charge in [-0.25, -0.2) is 9.18 Å². The number of nitrogens with one attached hydrogen (secondary N) is 1. The Balaban J connectivity index is 2.56. The summed E-state index contributed by atoms with van der Waals surface area (Å²) >= 11 is 1.64. The van der Waals surface area contributed by atoms with Gasteiger partial charge in [0.1, 0.15) is 5.82 Å². The van der Waals surface area contributed by atoms with Crippen LogP contribution in [-0.4, -0.2) is 25.7 Å². The van der Waals surface area contributed by atoms with Gasteiger partial charge in [-0.3, -0.25) is 0 Å². The minimum Gasteiger partial charge on any atom is -0.463 e. The lowest BCUT2D eigenvalue weighted by Crippen LogP contribution is -2.19. The van der Waals surface area contributed by atoms with Crippen LogP contribution in [0.15, 0.2) is 45.2 Å². The van der Waals surface area contributed by atoms with Crippen LogP contribution in [0.25, 0.3) is 0 Å². The number of hydrogen-bond acceptors (Lipinski definition) is 4. The second kappa shape index (κ2) is 12.7. The van der Waals surface area contributed by atoms with Gasteiger partial charge in [0.2, 0.25) is 0 Å². The fourth-order valence-corrected chi connectivity index (χ4v) is 3.53. The number of allylic oxidation sites excluding steroid dienone is 2. The first-order valence-electron chi connectivity index (χ1n) is 9.55. The maximum atomic E-state index is 13.2. The summed E-state index contributed by atoms with van der Waals surface area (Å²) in [7, 11) is 0. The lowest BCUT2D eigenvalue weighted by Gasteiger charge is -2.14. The van der Waals surface area contributed by atoms with E-state index in [1.165, 1.54) is 16.5 Å². The van der Waals surface area contributed by atoms with Gasteiger partial charge >= 0.3 is 5.97 Å². The van der Waals surface area contributed by atoms with Gasteiger partial charge in [-0.2, -0.15) is 0 Å². The molecule has 0 bridgehead atoms. The van der Waals surface area contributed by atoms with Gasteiger partial charge in [0.25, 0.3) is 0 Å². The van der Waals surface area contributed by atoms with Crippen molar-refractivity contribution in [3.8, 4) is 0 Å². The van der Waals surface area contributed by atoms with Crippen molar-refractivity contribution in [3.05, 3.63) is 56.6 Å². The first-order valence-corrected chi connectivity index (χ1v) is 10.4. The highest BCUT2D eigenvalue weighted by molar-refractivity contribution is 8.06. The van der Waals surface area contributed by atoms with Crippen molar-refractivity contribution in [2.45, 2.75) is 53.9 Å². The van der Waals surface area contributed by atoms with E-state index in [4.69, 9.17) is 4.74 Å². The molecule has 0 aliphatic rings. The molecule has 0 saturated carbocycles. The van der Waals surface area contributed by atoms with Gasteiger partial charge in [-0.05, 0) is 76.1 Å². The predicted molar refractivity (Wildman–Crippen MR) is 113 cm³/mol. The molecule has 1 rings (SSSR count). The molecule has 1 N–H and O–H groups in total. The summed E-state index contributed by atoms with van der Waals surface area (Å²) in [6, 6.07) is 6.77. The van der Waals surface area contributed by atoms with Crippen molar-refractivity contribution in [1.29, 1.82) is 0 Å². The van der Waals surface area contributed by atoms with E-state index in [1.807, 2.05) is 26.8 Å². The van der Waals surface area contributed by atoms with Gasteiger partial charge in [-0.1, -0.05) is 36.4 Å². The first-order chi connectivity index (χ1) is 12.9. The standard InChI is InChI=1S/C22H32FNO2S/c1-6-16(3)21(27-18(5)17(4)22(25)26-7-2)15-24-13-9-11-19-10-8-12-20(23)14-19/h8,10,12,14,24H,6-7,9,11,13,15H2,1-5H3/b18-17+,21-16?. The third kappa shape index (κ3) is 8.76. The molecular weight excluding hydrogens is 361 g/mol. The van der Waals surface area contributed by atoms with Crippen LogP contribution >= 0.6 is 11.8 Å². The van der Waals surface area contributed by atoms with Crippen LogP contribution in [0.1, 0.15) is 53.0 Å². The molecular formula is C22H32FNO2S. The predicted octanol–water partition coefficient (Wildman–Crippen LogP) is 5.62. The number of hydrogen-bond donors (Lipinski definition) is 1. The van der Waals surface area contributed by atoms with Gasteiger partial charge in [0, 0.05) is 17.0 Å². The highest BCUT2D eigenvalue weighted by Gasteiger charge is 2.12. The molecule has 0 aromatic heterocycles. The Hall–Kier alpha value is -1.59. The average Bonchev–Trinajstić information content (AvgIpc) is 2.65. The maximum absolute atomic E-state index is 13.2. The minimum atomic E-state index is -0.251. The third-order valence-electron chi connectivity index (χ3n) is 4.39. The molecule has 0 unspecified atom stereocenters. The third-order valence-corrected chi connectivity index (χ3v) is 5.74. The summed E-state index contributed by atoms with van der Waals surface area (Å²) in [5.41, 5.74) is 3.00. The zero-order chi connectivity index (χ0) is 20.2. The molecule has 0 heterocycles. The minimum absolute atomic E-state index is 0.181. The molecule has 27 heavy (non-hydrogen) atoms. The van der Waals surface area contributed by atoms with Gasteiger partial charge in [-0.15, -0.1) is 0 Å². The normalized spacial score (nSPS) is 13.1. The lowest BCUT2D eigenvalue weighted by atomic mass is 10.1. The number of halogens is 1. The van der Waals surface area contributed by atoms with E-state index >= 15 is 0 Å². The molecule has 0 spiro atoms. The van der Waals surface area contributed by atoms with Crippen LogP contribution in [0.2, 0.25) is 0 Å². The summed E-state index contributed by atoms with van der Waals surface area (Å²) in [5, 5.41) is 3.47. The number of ether oxygens (including phenoxy) is 1. The number of thioether (sulfide) groups is 1. The van der Waals surface area contributed by atoms with Gasteiger partial charge in [0.05, 0.1) is 6.61 Å². The number of esters is 1. The Morgan fingerprint density at radius 3 is 2.59 bits per heavy atom. The van der Waals surface area contributed by atoms with Crippen molar-refractivity contribution in [2.24, 2.45) is 0 Å². The Bertz CT molecular complexity index is 683. The van der Waals surface area contributed by atoms with Crippen LogP contribution in [0.5, 0.6) is 0 Å². The Kier molecular flexibility index (Phi) is 11.1. The molecule has 0 saturated heterocycles. The number of carbonyl (C=O) groups is 1. The Morgan fingerprint density at radius 2 is 1.96 bits per heavy atom. The summed E-state index contributed by atoms with van der Waals surface area (Å²) in [4.78, 5) is 14.1. The largest absolute Gasteiger partial charge is 0.463 e. The molecule has 5 heteroatoms. The zero-order valence-corrected chi connectivity index (χ0v) is 18.0. The molecule has 1 aromatic rings. The smallest absolute Gasteiger partial charge is 0.334 e. The molecule has 0 atom stereocenters. The number of carbonyl (C=O) groups excluding carboxylic acids is 1. The van der Waals surface area contributed by atoms with Crippen LogP contribution in [-0.2, 0) is 16.0 Å². The van der Waals surface area contributed by atoms with E-state index in [0.29, 0.717) is 12.2 Å². The van der Waals surface area contributed by atoms with E-state index in [9.17, 15) is 9.18 Å². The van der Waals surface area contributed by atoms with E-state index in [1.54, 1.807) is 23.9 Å². The summed E-state index contributed by atoms with van der Waals surface area (Å²) in [6.07, 6.45) is 2.77. The highest BCUT2D eigenvalue weighted by Crippen LogP contribution is 2.30. The Labute approximate surface area is 167 Å². The molecule has 150 valence electrons. The van der Waals surface area contributed by atoms with Crippen LogP contribution < -0.4 is 5.32 Å². The SMILES string of the molecule is CCOC(=O)/C(C)=C(\C)SC(CNCCCc1cccc(F)c1)=C(C)CC. The number of aryl methyl sites for hydroxylation is 1. The van der Waals surface area contributed by atoms with Crippen molar-refractivity contribution in [1.82, 2.24) is 5.32 Å². The molecule has 0 fully saturated rings. The summed E-state index contributed by atoms with van der Waals surface area (Å²) < 4.78 is 18.3. The number of rotatable bonds is 11. The van der Waals surface area contributed by atoms with Gasteiger partial charge < -0.3 is 10.1 Å². The van der Waals surface area contributed by atoms with Crippen LogP contribution in [0, 0.1) is 5.82 Å². The van der Waals surface area contributed by atoms with E-state index in [-0.39, 0.29) is 11.8 Å². The topological polar surface area (TPSA) is 38.3 Å². The Morgan fingerprint density at radius 1 is 1.22 bits per heavy atom. The van der Waals surface area contributed by atoms with Crippen molar-refractivity contribution in [3.63, 3.8) is 0 Å². The molecule has 3 nitrogen and oxygen atoms in total. The first kappa shape index (κ1) is 23.4. The lowest BCUT2D eigenvalue weighted by molar-refractivity contribution is -0.138. The average molecular weight is 394 g/mol. The fourth-order valence-electron chi connectivity index (χ4n) is 2.43. The van der Waals surface area contributed by atoms with E-state index < -0.39 is 0 Å². The molecule has 0 amide bonds. The highest BCUT2D eigenvalue weighted by atomic mass is 32.2. The van der Waals surface area contributed by atoms with Crippen molar-refractivity contribution >= 4 is 17.7 Å². The van der Waals surface area contributed by atoms with Gasteiger partial charge in [0.15, 0.2) is 0 Å². The summed E-state index contributed by atoms with van der Waals surface area (Å²) in [5.74, 6) is -0.432.